The molecule has 3 N–H and O–H groups in total. The molecule has 8 heteroatoms. The molecule has 0 aliphatic heterocycles. The van der Waals surface area contributed by atoms with Crippen molar-refractivity contribution in [1.29, 1.82) is 0 Å². The van der Waals surface area contributed by atoms with Crippen LogP contribution in [-0.4, -0.2) is 25.1 Å². The molecule has 1 aliphatic carbocycles. The summed E-state index contributed by atoms with van der Waals surface area (Å²) in [5, 5.41) is 8.73. The number of rotatable bonds is 6. The number of nitrogens with two attached hydrogens (primary N) is 1. The van der Waals surface area contributed by atoms with Crippen LogP contribution in [0.15, 0.2) is 83.9 Å². The summed E-state index contributed by atoms with van der Waals surface area (Å²) in [6.07, 6.45) is 13.9. The van der Waals surface area contributed by atoms with Gasteiger partial charge in [0.2, 0.25) is 0 Å². The van der Waals surface area contributed by atoms with Gasteiger partial charge in [0, 0.05) is 23.8 Å². The highest BCUT2D eigenvalue weighted by Gasteiger charge is 2.24. The summed E-state index contributed by atoms with van der Waals surface area (Å²) in [6.45, 7) is 1.86. The van der Waals surface area contributed by atoms with Crippen LogP contribution in [0.4, 0.5) is 5.82 Å². The maximum absolute atomic E-state index is 14.2. The maximum Gasteiger partial charge on any atom is 0.263 e. The van der Waals surface area contributed by atoms with Crippen LogP contribution < -0.4 is 16.6 Å². The number of carbonyl (C=O) groups is 1. The second-order valence-corrected chi connectivity index (χ2v) is 10.5. The highest BCUT2D eigenvalue weighted by atomic mass is 16.2. The Balaban J connectivity index is 1.44. The van der Waals surface area contributed by atoms with E-state index < -0.39 is 11.9 Å². The molecule has 202 valence electrons. The van der Waals surface area contributed by atoms with Gasteiger partial charge in [0.25, 0.3) is 11.5 Å². The molecule has 6 rings (SSSR count). The SMILES string of the molecule is CC(NC(=O)c1c(N)nn2cccnc12)c1cc2cccc(/C=C/C3CCCCC3)c2c(=O)n1-c1ccccc1. The number of allylic oxidation sites excluding steroid dienone is 1. The summed E-state index contributed by atoms with van der Waals surface area (Å²) < 4.78 is 3.18. The lowest BCUT2D eigenvalue weighted by Gasteiger charge is -2.21. The third kappa shape index (κ3) is 4.77. The average Bonchev–Trinajstić information content (AvgIpc) is 3.32. The molecular weight excluding hydrogens is 500 g/mol. The Hall–Kier alpha value is -4.72. The van der Waals surface area contributed by atoms with Crippen molar-refractivity contribution in [3.05, 3.63) is 106 Å². The smallest absolute Gasteiger partial charge is 0.263 e. The minimum Gasteiger partial charge on any atom is -0.381 e. The van der Waals surface area contributed by atoms with E-state index in [2.05, 4.69) is 27.6 Å². The van der Waals surface area contributed by atoms with Crippen molar-refractivity contribution in [1.82, 2.24) is 24.5 Å². The molecule has 40 heavy (non-hydrogen) atoms. The fourth-order valence-electron chi connectivity index (χ4n) is 5.74. The molecule has 2 aromatic carbocycles. The Kier molecular flexibility index (Phi) is 6.90. The molecule has 0 bridgehead atoms. The number of fused-ring (bicyclic) bond motifs is 2. The van der Waals surface area contributed by atoms with E-state index in [0.717, 1.165) is 16.6 Å². The molecule has 1 saturated carbocycles. The molecule has 3 heterocycles. The lowest BCUT2D eigenvalue weighted by atomic mass is 9.88. The molecule has 0 radical (unpaired) electrons. The Morgan fingerprint density at radius 3 is 2.67 bits per heavy atom. The zero-order chi connectivity index (χ0) is 27.6. The Morgan fingerprint density at radius 2 is 1.88 bits per heavy atom. The first-order chi connectivity index (χ1) is 19.5. The van der Waals surface area contributed by atoms with Crippen molar-refractivity contribution in [3.8, 4) is 5.69 Å². The van der Waals surface area contributed by atoms with Gasteiger partial charge < -0.3 is 11.1 Å². The lowest BCUT2D eigenvalue weighted by Crippen LogP contribution is -2.32. The average molecular weight is 533 g/mol. The lowest BCUT2D eigenvalue weighted by molar-refractivity contribution is 0.0941. The van der Waals surface area contributed by atoms with Gasteiger partial charge >= 0.3 is 0 Å². The van der Waals surface area contributed by atoms with Crippen LogP contribution in [0, 0.1) is 5.92 Å². The summed E-state index contributed by atoms with van der Waals surface area (Å²) in [4.78, 5) is 32.0. The number of hydrogen-bond acceptors (Lipinski definition) is 5. The monoisotopic (exact) mass is 532 g/mol. The van der Waals surface area contributed by atoms with Crippen LogP contribution in [0.25, 0.3) is 28.2 Å². The first-order valence-corrected chi connectivity index (χ1v) is 13.8. The van der Waals surface area contributed by atoms with Gasteiger partial charge in [0.15, 0.2) is 11.5 Å². The molecule has 0 saturated heterocycles. The van der Waals surface area contributed by atoms with E-state index in [-0.39, 0.29) is 16.9 Å². The predicted molar refractivity (Wildman–Crippen MR) is 158 cm³/mol. The summed E-state index contributed by atoms with van der Waals surface area (Å²) in [6, 6.07) is 18.6. The van der Waals surface area contributed by atoms with E-state index in [9.17, 15) is 9.59 Å². The van der Waals surface area contributed by atoms with Gasteiger partial charge in [-0.2, -0.15) is 0 Å². The van der Waals surface area contributed by atoms with Crippen LogP contribution in [0.1, 0.15) is 66.7 Å². The molecular formula is C32H32N6O2. The summed E-state index contributed by atoms with van der Waals surface area (Å²) in [7, 11) is 0. The molecule has 0 spiro atoms. The fourth-order valence-corrected chi connectivity index (χ4v) is 5.74. The molecule has 1 aliphatic rings. The van der Waals surface area contributed by atoms with Gasteiger partial charge in [0.1, 0.15) is 5.56 Å². The van der Waals surface area contributed by atoms with Gasteiger partial charge in [-0.05, 0) is 60.9 Å². The van der Waals surface area contributed by atoms with Gasteiger partial charge in [-0.1, -0.05) is 67.8 Å². The summed E-state index contributed by atoms with van der Waals surface area (Å²) in [5.41, 5.74) is 8.85. The molecule has 1 fully saturated rings. The van der Waals surface area contributed by atoms with Gasteiger partial charge in [-0.15, -0.1) is 5.10 Å². The predicted octanol–water partition coefficient (Wildman–Crippen LogP) is 5.70. The number of benzene rings is 2. The standard InChI is InChI=1S/C32H32N6O2/c1-21(35-31(39)28-29(33)36-37-19-9-18-34-30(28)37)26-20-24-13-8-12-23(17-16-22-10-4-2-5-11-22)27(24)32(40)38(26)25-14-6-3-7-15-25/h3,6-9,12-22H,2,4-5,10-11H2,1H3,(H2,33,36)(H,35,39)/b17-16+. The third-order valence-electron chi connectivity index (χ3n) is 7.76. The van der Waals surface area contributed by atoms with Crippen LogP contribution in [0.5, 0.6) is 0 Å². The van der Waals surface area contributed by atoms with Crippen LogP contribution in [-0.2, 0) is 0 Å². The van der Waals surface area contributed by atoms with Gasteiger partial charge in [-0.25, -0.2) is 9.50 Å². The van der Waals surface area contributed by atoms with Gasteiger partial charge in [0.05, 0.1) is 11.4 Å². The molecule has 1 amide bonds. The van der Waals surface area contributed by atoms with Crippen molar-refractivity contribution in [2.45, 2.75) is 45.1 Å². The highest BCUT2D eigenvalue weighted by molar-refractivity contribution is 6.04. The van der Waals surface area contributed by atoms with Crippen molar-refractivity contribution < 1.29 is 4.79 Å². The zero-order valence-corrected chi connectivity index (χ0v) is 22.5. The minimum atomic E-state index is -0.524. The number of nitrogens with zero attached hydrogens (tertiary/aromatic N) is 4. The van der Waals surface area contributed by atoms with E-state index >= 15 is 0 Å². The first kappa shape index (κ1) is 25.6. The van der Waals surface area contributed by atoms with E-state index in [1.807, 2.05) is 61.5 Å². The first-order valence-electron chi connectivity index (χ1n) is 13.8. The fraction of sp³-hybridized carbons (Fsp3) is 0.250. The number of pyridine rings is 1. The Morgan fingerprint density at radius 1 is 1.07 bits per heavy atom. The zero-order valence-electron chi connectivity index (χ0n) is 22.5. The Bertz CT molecular complexity index is 1780. The summed E-state index contributed by atoms with van der Waals surface area (Å²) >= 11 is 0. The van der Waals surface area contributed by atoms with E-state index in [4.69, 9.17) is 5.73 Å². The van der Waals surface area contributed by atoms with Crippen LogP contribution >= 0.6 is 0 Å². The van der Waals surface area contributed by atoms with E-state index in [1.165, 1.54) is 36.6 Å². The number of amides is 1. The molecule has 1 unspecified atom stereocenters. The van der Waals surface area contributed by atoms with Crippen molar-refractivity contribution >= 4 is 34.2 Å². The number of hydrogen-bond donors (Lipinski definition) is 2. The van der Waals surface area contributed by atoms with Crippen molar-refractivity contribution in [3.63, 3.8) is 0 Å². The number of nitrogens with one attached hydrogen (secondary N) is 1. The second kappa shape index (κ2) is 10.8. The number of nitrogen functional groups attached to an aromatic ring is 1. The maximum atomic E-state index is 14.2. The van der Waals surface area contributed by atoms with Crippen LogP contribution in [0.2, 0.25) is 0 Å². The highest BCUT2D eigenvalue weighted by Crippen LogP contribution is 2.28. The van der Waals surface area contributed by atoms with Crippen molar-refractivity contribution in [2.24, 2.45) is 5.92 Å². The number of aromatic nitrogens is 4. The Labute approximate surface area is 232 Å². The second-order valence-electron chi connectivity index (χ2n) is 10.5. The van der Waals surface area contributed by atoms with E-state index in [0.29, 0.717) is 22.6 Å². The summed E-state index contributed by atoms with van der Waals surface area (Å²) in [5.74, 6) is 0.239. The van der Waals surface area contributed by atoms with E-state index in [1.54, 1.807) is 23.0 Å². The largest absolute Gasteiger partial charge is 0.381 e. The number of anilines is 1. The molecule has 1 atom stereocenters. The molecule has 3 aromatic heterocycles. The number of carbonyl (C=O) groups excluding carboxylic acids is 1. The minimum absolute atomic E-state index is 0.0942. The van der Waals surface area contributed by atoms with Crippen LogP contribution in [0.3, 0.4) is 0 Å². The van der Waals surface area contributed by atoms with Crippen molar-refractivity contribution in [2.75, 3.05) is 5.73 Å². The normalized spacial score (nSPS) is 15.1. The third-order valence-corrected chi connectivity index (χ3v) is 7.76. The topological polar surface area (TPSA) is 107 Å². The quantitative estimate of drug-likeness (QED) is 0.292. The molecule has 8 nitrogen and oxygen atoms in total. The van der Waals surface area contributed by atoms with Gasteiger partial charge in [-0.3, -0.25) is 14.2 Å². The molecule has 5 aromatic rings. The number of para-hydroxylation sites is 1.